The number of nitrogens with zero attached hydrogens (tertiary/aromatic N) is 3. The largest absolute Gasteiger partial charge is 0.339 e. The molecule has 0 aromatic rings. The third-order valence-corrected chi connectivity index (χ3v) is 4.41. The van der Waals surface area contributed by atoms with E-state index in [1.807, 2.05) is 11.8 Å². The van der Waals surface area contributed by atoms with Gasteiger partial charge in [0.1, 0.15) is 0 Å². The SMILES string of the molecule is CN(C)CCN1CCN(C(=O)C(C)(N)C2CC2)CC1. The minimum absolute atomic E-state index is 0.155. The van der Waals surface area contributed by atoms with E-state index in [0.29, 0.717) is 5.92 Å². The van der Waals surface area contributed by atoms with Gasteiger partial charge in [-0.25, -0.2) is 0 Å². The summed E-state index contributed by atoms with van der Waals surface area (Å²) in [4.78, 5) is 19.0. The second-order valence-electron chi connectivity index (χ2n) is 6.49. The fourth-order valence-corrected chi connectivity index (χ4v) is 2.71. The zero-order valence-corrected chi connectivity index (χ0v) is 12.6. The molecule has 1 aliphatic heterocycles. The summed E-state index contributed by atoms with van der Waals surface area (Å²) in [7, 11) is 4.19. The molecule has 0 bridgehead atoms. The first kappa shape index (κ1) is 14.8. The Morgan fingerprint density at radius 3 is 2.32 bits per heavy atom. The topological polar surface area (TPSA) is 52.8 Å². The molecule has 5 nitrogen and oxygen atoms in total. The summed E-state index contributed by atoms with van der Waals surface area (Å²) in [6.45, 7) is 7.66. The first-order valence-corrected chi connectivity index (χ1v) is 7.36. The van der Waals surface area contributed by atoms with E-state index >= 15 is 0 Å². The molecule has 0 radical (unpaired) electrons. The van der Waals surface area contributed by atoms with Crippen LogP contribution in [0.3, 0.4) is 0 Å². The standard InChI is InChI=1S/C14H28N4O/c1-14(15,12-4-5-12)13(19)18-10-8-17(9-11-18)7-6-16(2)3/h12H,4-11,15H2,1-3H3. The van der Waals surface area contributed by atoms with Crippen LogP contribution in [0.1, 0.15) is 19.8 Å². The number of carbonyl (C=O) groups is 1. The summed E-state index contributed by atoms with van der Waals surface area (Å²) in [5.74, 6) is 0.564. The van der Waals surface area contributed by atoms with Crippen LogP contribution in [0.4, 0.5) is 0 Å². The lowest BCUT2D eigenvalue weighted by Crippen LogP contribution is -2.59. The molecule has 1 atom stereocenters. The second kappa shape index (κ2) is 5.77. The average molecular weight is 268 g/mol. The molecular formula is C14H28N4O. The lowest BCUT2D eigenvalue weighted by molar-refractivity contribution is -0.139. The third-order valence-electron chi connectivity index (χ3n) is 4.41. The van der Waals surface area contributed by atoms with Gasteiger partial charge in [-0.05, 0) is 39.8 Å². The summed E-state index contributed by atoms with van der Waals surface area (Å²) in [6, 6.07) is 0. The molecule has 19 heavy (non-hydrogen) atoms. The molecule has 5 heteroatoms. The molecule has 2 aliphatic rings. The zero-order chi connectivity index (χ0) is 14.0. The van der Waals surface area contributed by atoms with Gasteiger partial charge in [0, 0.05) is 39.3 Å². The van der Waals surface area contributed by atoms with Crippen LogP contribution in [0.2, 0.25) is 0 Å². The monoisotopic (exact) mass is 268 g/mol. The Bertz CT molecular complexity index is 317. The van der Waals surface area contributed by atoms with Crippen LogP contribution < -0.4 is 5.73 Å². The van der Waals surface area contributed by atoms with Crippen LogP contribution in [-0.2, 0) is 4.79 Å². The molecule has 1 saturated heterocycles. The smallest absolute Gasteiger partial charge is 0.242 e. The van der Waals surface area contributed by atoms with Gasteiger partial charge in [-0.15, -0.1) is 0 Å². The highest BCUT2D eigenvalue weighted by Gasteiger charge is 2.46. The van der Waals surface area contributed by atoms with Crippen molar-refractivity contribution >= 4 is 5.91 Å². The highest BCUT2D eigenvalue weighted by molar-refractivity contribution is 5.86. The highest BCUT2D eigenvalue weighted by Crippen LogP contribution is 2.39. The maximum absolute atomic E-state index is 12.4. The van der Waals surface area contributed by atoms with E-state index in [4.69, 9.17) is 5.73 Å². The molecule has 0 spiro atoms. The lowest BCUT2D eigenvalue weighted by atomic mass is 9.95. The number of nitrogens with two attached hydrogens (primary N) is 1. The van der Waals surface area contributed by atoms with Gasteiger partial charge in [0.2, 0.25) is 5.91 Å². The van der Waals surface area contributed by atoms with Crippen molar-refractivity contribution < 1.29 is 4.79 Å². The van der Waals surface area contributed by atoms with Crippen molar-refractivity contribution in [2.45, 2.75) is 25.3 Å². The molecule has 1 aliphatic carbocycles. The Hall–Kier alpha value is -0.650. The van der Waals surface area contributed by atoms with Crippen LogP contribution in [0.25, 0.3) is 0 Å². The summed E-state index contributed by atoms with van der Waals surface area (Å²) in [5.41, 5.74) is 5.58. The predicted octanol–water partition coefficient (Wildman–Crippen LogP) is -0.180. The van der Waals surface area contributed by atoms with Gasteiger partial charge in [-0.2, -0.15) is 0 Å². The van der Waals surface area contributed by atoms with Crippen LogP contribution in [0, 0.1) is 5.92 Å². The molecule has 2 fully saturated rings. The Kier molecular flexibility index (Phi) is 4.48. The van der Waals surface area contributed by atoms with E-state index in [9.17, 15) is 4.79 Å². The van der Waals surface area contributed by atoms with Crippen molar-refractivity contribution in [3.8, 4) is 0 Å². The first-order valence-electron chi connectivity index (χ1n) is 7.36. The van der Waals surface area contributed by atoms with Gasteiger partial charge in [-0.1, -0.05) is 0 Å². The molecule has 110 valence electrons. The summed E-state index contributed by atoms with van der Waals surface area (Å²) < 4.78 is 0. The van der Waals surface area contributed by atoms with Gasteiger partial charge < -0.3 is 15.5 Å². The Morgan fingerprint density at radius 2 is 1.84 bits per heavy atom. The van der Waals surface area contributed by atoms with Crippen molar-refractivity contribution in [2.24, 2.45) is 11.7 Å². The second-order valence-corrected chi connectivity index (χ2v) is 6.49. The minimum atomic E-state index is -0.633. The van der Waals surface area contributed by atoms with Crippen molar-refractivity contribution in [1.29, 1.82) is 0 Å². The summed E-state index contributed by atoms with van der Waals surface area (Å²) >= 11 is 0. The summed E-state index contributed by atoms with van der Waals surface area (Å²) in [5, 5.41) is 0. The zero-order valence-electron chi connectivity index (χ0n) is 12.6. The number of piperazine rings is 1. The number of rotatable bonds is 5. The fraction of sp³-hybridized carbons (Fsp3) is 0.929. The molecule has 2 N–H and O–H groups in total. The number of hydrogen-bond donors (Lipinski definition) is 1. The highest BCUT2D eigenvalue weighted by atomic mass is 16.2. The normalized spacial score (nSPS) is 24.6. The number of carbonyl (C=O) groups excluding carboxylic acids is 1. The molecule has 1 unspecified atom stereocenters. The van der Waals surface area contributed by atoms with Gasteiger partial charge in [0.15, 0.2) is 0 Å². The molecule has 1 amide bonds. The van der Waals surface area contributed by atoms with Crippen LogP contribution in [-0.4, -0.2) is 79.5 Å². The molecule has 1 heterocycles. The number of amides is 1. The molecule has 0 aromatic heterocycles. The van der Waals surface area contributed by atoms with E-state index < -0.39 is 5.54 Å². The van der Waals surface area contributed by atoms with Gasteiger partial charge in [0.05, 0.1) is 5.54 Å². The van der Waals surface area contributed by atoms with E-state index in [1.165, 1.54) is 0 Å². The van der Waals surface area contributed by atoms with Crippen molar-refractivity contribution in [1.82, 2.24) is 14.7 Å². The van der Waals surface area contributed by atoms with E-state index in [2.05, 4.69) is 23.9 Å². The van der Waals surface area contributed by atoms with Crippen molar-refractivity contribution in [2.75, 3.05) is 53.4 Å². The van der Waals surface area contributed by atoms with Crippen molar-refractivity contribution in [3.05, 3.63) is 0 Å². The van der Waals surface area contributed by atoms with Crippen LogP contribution in [0.5, 0.6) is 0 Å². The van der Waals surface area contributed by atoms with E-state index in [0.717, 1.165) is 52.1 Å². The fourth-order valence-electron chi connectivity index (χ4n) is 2.71. The van der Waals surface area contributed by atoms with Gasteiger partial charge in [-0.3, -0.25) is 9.69 Å². The third kappa shape index (κ3) is 3.68. The first-order chi connectivity index (χ1) is 8.91. The van der Waals surface area contributed by atoms with E-state index in [1.54, 1.807) is 0 Å². The van der Waals surface area contributed by atoms with Crippen LogP contribution in [0.15, 0.2) is 0 Å². The minimum Gasteiger partial charge on any atom is -0.339 e. The Labute approximate surface area is 116 Å². The average Bonchev–Trinajstić information content (AvgIpc) is 3.20. The van der Waals surface area contributed by atoms with E-state index in [-0.39, 0.29) is 5.91 Å². The molecule has 2 rings (SSSR count). The predicted molar refractivity (Wildman–Crippen MR) is 76.9 cm³/mol. The molecule has 0 aromatic carbocycles. The maximum Gasteiger partial charge on any atom is 0.242 e. The Balaban J connectivity index is 1.78. The molecule has 1 saturated carbocycles. The number of likely N-dealkylation sites (N-methyl/N-ethyl adjacent to an activating group) is 1. The lowest BCUT2D eigenvalue weighted by Gasteiger charge is -2.38. The number of hydrogen-bond acceptors (Lipinski definition) is 4. The van der Waals surface area contributed by atoms with Gasteiger partial charge >= 0.3 is 0 Å². The molecular weight excluding hydrogens is 240 g/mol. The summed E-state index contributed by atoms with van der Waals surface area (Å²) in [6.07, 6.45) is 2.23. The quantitative estimate of drug-likeness (QED) is 0.751. The van der Waals surface area contributed by atoms with Crippen molar-refractivity contribution in [3.63, 3.8) is 0 Å². The Morgan fingerprint density at radius 1 is 1.26 bits per heavy atom. The van der Waals surface area contributed by atoms with Crippen LogP contribution >= 0.6 is 0 Å². The maximum atomic E-state index is 12.4. The van der Waals surface area contributed by atoms with Gasteiger partial charge in [0.25, 0.3) is 0 Å².